The van der Waals surface area contributed by atoms with E-state index in [1.54, 1.807) is 23.2 Å². The summed E-state index contributed by atoms with van der Waals surface area (Å²) in [4.78, 5) is 31.2. The van der Waals surface area contributed by atoms with E-state index in [0.29, 0.717) is 48.0 Å². The van der Waals surface area contributed by atoms with E-state index in [9.17, 15) is 9.59 Å². The molecule has 0 saturated heterocycles. The van der Waals surface area contributed by atoms with E-state index in [1.165, 1.54) is 6.92 Å². The summed E-state index contributed by atoms with van der Waals surface area (Å²) in [5.41, 5.74) is 2.93. The minimum absolute atomic E-state index is 0.0633. The van der Waals surface area contributed by atoms with Crippen molar-refractivity contribution >= 4 is 23.3 Å². The first-order valence-corrected chi connectivity index (χ1v) is 9.97. The van der Waals surface area contributed by atoms with Crippen LogP contribution in [0.3, 0.4) is 0 Å². The number of aromatic nitrogens is 2. The lowest BCUT2D eigenvalue weighted by Gasteiger charge is -2.20. The van der Waals surface area contributed by atoms with Crippen LogP contribution in [0, 0.1) is 0 Å². The molecule has 0 radical (unpaired) electrons. The van der Waals surface area contributed by atoms with Gasteiger partial charge in [0, 0.05) is 26.2 Å². The molecule has 1 aliphatic rings. The average Bonchev–Trinajstić information content (AvgIpc) is 3.36. The number of carbonyl (C=O) groups excluding carboxylic acids is 2. The van der Waals surface area contributed by atoms with Gasteiger partial charge >= 0.3 is 0 Å². The Hall–Kier alpha value is -3.55. The van der Waals surface area contributed by atoms with E-state index in [1.807, 2.05) is 36.4 Å². The molecule has 0 saturated carbocycles. The molecule has 1 aliphatic heterocycles. The molecule has 8 heteroatoms. The monoisotopic (exact) mass is 408 g/mol. The minimum Gasteiger partial charge on any atom is -0.454 e. The van der Waals surface area contributed by atoms with Gasteiger partial charge < -0.3 is 14.8 Å². The zero-order chi connectivity index (χ0) is 21.3. The number of nitrogens with one attached hydrogen (secondary N) is 1. The minimum atomic E-state index is -0.210. The van der Waals surface area contributed by atoms with E-state index in [-0.39, 0.29) is 18.6 Å². The first-order valence-electron chi connectivity index (χ1n) is 9.97. The Morgan fingerprint density at radius 3 is 2.70 bits per heavy atom. The third-order valence-corrected chi connectivity index (χ3v) is 5.10. The van der Waals surface area contributed by atoms with Gasteiger partial charge in [-0.2, -0.15) is 0 Å². The van der Waals surface area contributed by atoms with Crippen LogP contribution in [0.25, 0.3) is 5.65 Å². The Kier molecular flexibility index (Phi) is 5.31. The van der Waals surface area contributed by atoms with Gasteiger partial charge in [0.1, 0.15) is 11.5 Å². The molecule has 30 heavy (non-hydrogen) atoms. The van der Waals surface area contributed by atoms with Gasteiger partial charge in [0.2, 0.25) is 12.7 Å². The second kappa shape index (κ2) is 8.06. The van der Waals surface area contributed by atoms with Crippen molar-refractivity contribution in [3.8, 4) is 11.5 Å². The molecule has 0 aliphatic carbocycles. The predicted octanol–water partition coefficient (Wildman–Crippen LogP) is 2.93. The topological polar surface area (TPSA) is 85.2 Å². The summed E-state index contributed by atoms with van der Waals surface area (Å²) in [6.07, 6.45) is 2.42. The number of nitrogens with zero attached hydrogens (tertiary/aromatic N) is 3. The van der Waals surface area contributed by atoms with E-state index < -0.39 is 0 Å². The maximum Gasteiger partial charge on any atom is 0.253 e. The number of amides is 2. The third kappa shape index (κ3) is 3.56. The lowest BCUT2D eigenvalue weighted by atomic mass is 10.2. The van der Waals surface area contributed by atoms with Crippen molar-refractivity contribution in [1.29, 1.82) is 0 Å². The molecule has 2 amide bonds. The number of pyridine rings is 1. The van der Waals surface area contributed by atoms with Crippen LogP contribution in [0.2, 0.25) is 0 Å². The first-order chi connectivity index (χ1) is 14.5. The second-order valence-electron chi connectivity index (χ2n) is 7.02. The number of carbonyl (C=O) groups is 2. The van der Waals surface area contributed by atoms with E-state index in [2.05, 4.69) is 10.3 Å². The highest BCUT2D eigenvalue weighted by Gasteiger charge is 2.20. The van der Waals surface area contributed by atoms with Gasteiger partial charge in [-0.25, -0.2) is 4.98 Å². The molecule has 1 aromatic carbocycles. The van der Waals surface area contributed by atoms with Gasteiger partial charge in [-0.3, -0.25) is 18.9 Å². The van der Waals surface area contributed by atoms with Crippen LogP contribution in [-0.2, 0) is 17.8 Å². The van der Waals surface area contributed by atoms with Crippen molar-refractivity contribution in [2.45, 2.75) is 33.7 Å². The fourth-order valence-electron chi connectivity index (χ4n) is 3.60. The fraction of sp³-hybridized carbons (Fsp3) is 0.318. The van der Waals surface area contributed by atoms with Crippen LogP contribution in [0.1, 0.15) is 42.4 Å². The maximum absolute atomic E-state index is 12.8. The van der Waals surface area contributed by atoms with Crippen LogP contribution >= 0.6 is 0 Å². The molecule has 156 valence electrons. The largest absolute Gasteiger partial charge is 0.454 e. The highest BCUT2D eigenvalue weighted by Crippen LogP contribution is 2.32. The SMILES string of the molecule is CCc1nc2ccc(C(=O)NCc3ccc4c(c3)OCO4)cn2c1N(CC)C(C)=O. The number of rotatable bonds is 6. The number of fused-ring (bicyclic) bond motifs is 2. The molecule has 3 aromatic rings. The number of hydrogen-bond donors (Lipinski definition) is 1. The van der Waals surface area contributed by atoms with Crippen molar-refractivity contribution < 1.29 is 19.1 Å². The molecule has 8 nitrogen and oxygen atoms in total. The Bertz CT molecular complexity index is 1120. The standard InChI is InChI=1S/C22H24N4O4/c1-4-17-22(25(5-2)14(3)27)26-12-16(7-9-20(26)24-17)21(28)23-11-15-6-8-18-19(10-15)30-13-29-18/h6-10,12H,4-5,11,13H2,1-3H3,(H,23,28). The fourth-order valence-corrected chi connectivity index (χ4v) is 3.60. The van der Waals surface area contributed by atoms with E-state index in [4.69, 9.17) is 9.47 Å². The predicted molar refractivity (Wildman–Crippen MR) is 112 cm³/mol. The molecule has 0 bridgehead atoms. The highest BCUT2D eigenvalue weighted by molar-refractivity contribution is 5.95. The molecular formula is C22H24N4O4. The van der Waals surface area contributed by atoms with Crippen LogP contribution in [0.4, 0.5) is 5.82 Å². The van der Waals surface area contributed by atoms with Crippen molar-refractivity contribution in [2.75, 3.05) is 18.2 Å². The number of anilines is 1. The summed E-state index contributed by atoms with van der Waals surface area (Å²) < 4.78 is 12.5. The summed E-state index contributed by atoms with van der Waals surface area (Å²) in [5, 5.41) is 2.93. The molecule has 2 aromatic heterocycles. The van der Waals surface area contributed by atoms with Crippen LogP contribution in [0.5, 0.6) is 11.5 Å². The lowest BCUT2D eigenvalue weighted by molar-refractivity contribution is -0.116. The van der Waals surface area contributed by atoms with Gasteiger partial charge in [0.15, 0.2) is 11.5 Å². The van der Waals surface area contributed by atoms with Crippen molar-refractivity contribution in [2.24, 2.45) is 0 Å². The normalized spacial score (nSPS) is 12.2. The number of hydrogen-bond acceptors (Lipinski definition) is 5. The average molecular weight is 408 g/mol. The number of ether oxygens (including phenoxy) is 2. The smallest absolute Gasteiger partial charge is 0.253 e. The van der Waals surface area contributed by atoms with Gasteiger partial charge in [0.25, 0.3) is 5.91 Å². The summed E-state index contributed by atoms with van der Waals surface area (Å²) in [5.74, 6) is 1.83. The second-order valence-corrected chi connectivity index (χ2v) is 7.02. The Balaban J connectivity index is 1.59. The molecule has 0 atom stereocenters. The Morgan fingerprint density at radius 2 is 1.97 bits per heavy atom. The number of aryl methyl sites for hydroxylation is 1. The highest BCUT2D eigenvalue weighted by atomic mass is 16.7. The quantitative estimate of drug-likeness (QED) is 0.678. The van der Waals surface area contributed by atoms with Gasteiger partial charge in [-0.05, 0) is 43.2 Å². The summed E-state index contributed by atoms with van der Waals surface area (Å²) in [7, 11) is 0. The molecule has 0 spiro atoms. The maximum atomic E-state index is 12.8. The molecule has 4 rings (SSSR count). The van der Waals surface area contributed by atoms with Crippen molar-refractivity contribution in [1.82, 2.24) is 14.7 Å². The lowest BCUT2D eigenvalue weighted by Crippen LogP contribution is -2.30. The molecular weight excluding hydrogens is 384 g/mol. The van der Waals surface area contributed by atoms with Crippen molar-refractivity contribution in [3.05, 3.63) is 53.3 Å². The summed E-state index contributed by atoms with van der Waals surface area (Å²) >= 11 is 0. The molecule has 1 N–H and O–H groups in total. The van der Waals surface area contributed by atoms with Crippen LogP contribution < -0.4 is 19.7 Å². The van der Waals surface area contributed by atoms with Crippen molar-refractivity contribution in [3.63, 3.8) is 0 Å². The van der Waals surface area contributed by atoms with Crippen LogP contribution in [0.15, 0.2) is 36.5 Å². The van der Waals surface area contributed by atoms with Crippen LogP contribution in [-0.4, -0.2) is 34.5 Å². The molecule has 3 heterocycles. The van der Waals surface area contributed by atoms with E-state index in [0.717, 1.165) is 11.3 Å². The first kappa shape index (κ1) is 19.8. The van der Waals surface area contributed by atoms with Gasteiger partial charge in [0.05, 0.1) is 11.3 Å². The zero-order valence-electron chi connectivity index (χ0n) is 17.3. The third-order valence-electron chi connectivity index (χ3n) is 5.10. The van der Waals surface area contributed by atoms with Gasteiger partial charge in [-0.1, -0.05) is 13.0 Å². The Morgan fingerprint density at radius 1 is 1.17 bits per heavy atom. The summed E-state index contributed by atoms with van der Waals surface area (Å²) in [6.45, 7) is 6.55. The zero-order valence-corrected chi connectivity index (χ0v) is 17.3. The molecule has 0 unspecified atom stereocenters. The number of benzene rings is 1. The number of imidazole rings is 1. The Labute approximate surface area is 174 Å². The van der Waals surface area contributed by atoms with Gasteiger partial charge in [-0.15, -0.1) is 0 Å². The summed E-state index contributed by atoms with van der Waals surface area (Å²) in [6, 6.07) is 9.13. The molecule has 0 fully saturated rings. The van der Waals surface area contributed by atoms with E-state index >= 15 is 0 Å².